The lowest BCUT2D eigenvalue weighted by Gasteiger charge is -2.18. The minimum atomic E-state index is -4.54. The second kappa shape index (κ2) is 7.67. The number of nitrogens with zero attached hydrogens (tertiary/aromatic N) is 2. The van der Waals surface area contributed by atoms with Crippen molar-refractivity contribution in [2.75, 3.05) is 11.4 Å². The van der Waals surface area contributed by atoms with Crippen molar-refractivity contribution in [1.82, 2.24) is 15.8 Å². The van der Waals surface area contributed by atoms with Crippen molar-refractivity contribution < 1.29 is 27.6 Å². The van der Waals surface area contributed by atoms with Crippen molar-refractivity contribution in [3.05, 3.63) is 59.9 Å². The maximum absolute atomic E-state index is 12.9. The Hall–Kier alpha value is -3.43. The topological polar surface area (TPSA) is 91.4 Å². The van der Waals surface area contributed by atoms with Crippen molar-refractivity contribution in [3.8, 4) is 0 Å². The molecule has 2 N–H and O–H groups in total. The SMILES string of the molecule is O=C(NNC(=O)[C@@H]1CC(=O)N(c2cccc(C(F)(F)F)c2)C1)c1ccccn1. The molecule has 1 aromatic heterocycles. The Labute approximate surface area is 157 Å². The summed E-state index contributed by atoms with van der Waals surface area (Å²) in [4.78, 5) is 41.2. The summed E-state index contributed by atoms with van der Waals surface area (Å²) in [5.74, 6) is -2.54. The van der Waals surface area contributed by atoms with Gasteiger partial charge in [-0.05, 0) is 30.3 Å². The molecular weight excluding hydrogens is 377 g/mol. The monoisotopic (exact) mass is 392 g/mol. The summed E-state index contributed by atoms with van der Waals surface area (Å²) in [7, 11) is 0. The smallest absolute Gasteiger partial charge is 0.312 e. The highest BCUT2D eigenvalue weighted by atomic mass is 19.4. The predicted octanol–water partition coefficient (Wildman–Crippen LogP) is 1.91. The fourth-order valence-electron chi connectivity index (χ4n) is 2.76. The molecule has 1 fully saturated rings. The molecule has 1 saturated heterocycles. The van der Waals surface area contributed by atoms with E-state index in [1.165, 1.54) is 24.4 Å². The molecule has 1 aliphatic rings. The molecule has 10 heteroatoms. The van der Waals surface area contributed by atoms with Crippen molar-refractivity contribution in [2.45, 2.75) is 12.6 Å². The van der Waals surface area contributed by atoms with Gasteiger partial charge in [-0.25, -0.2) is 0 Å². The van der Waals surface area contributed by atoms with Gasteiger partial charge >= 0.3 is 6.18 Å². The first-order valence-electron chi connectivity index (χ1n) is 8.24. The minimum absolute atomic E-state index is 0.0626. The summed E-state index contributed by atoms with van der Waals surface area (Å²) in [6, 6.07) is 9.02. The molecule has 2 heterocycles. The maximum Gasteiger partial charge on any atom is 0.416 e. The molecule has 3 amide bonds. The van der Waals surface area contributed by atoms with Crippen LogP contribution in [0.5, 0.6) is 0 Å². The summed E-state index contributed by atoms with van der Waals surface area (Å²) in [5.41, 5.74) is 3.68. The highest BCUT2D eigenvalue weighted by molar-refractivity contribution is 6.01. The van der Waals surface area contributed by atoms with E-state index >= 15 is 0 Å². The lowest BCUT2D eigenvalue weighted by Crippen LogP contribution is -2.45. The Morgan fingerprint density at radius 1 is 1.11 bits per heavy atom. The van der Waals surface area contributed by atoms with Gasteiger partial charge in [0.15, 0.2) is 0 Å². The molecule has 0 bridgehead atoms. The zero-order chi connectivity index (χ0) is 20.3. The van der Waals surface area contributed by atoms with E-state index in [4.69, 9.17) is 0 Å². The molecule has 1 atom stereocenters. The van der Waals surface area contributed by atoms with Crippen molar-refractivity contribution in [3.63, 3.8) is 0 Å². The van der Waals surface area contributed by atoms with Gasteiger partial charge in [-0.1, -0.05) is 12.1 Å². The lowest BCUT2D eigenvalue weighted by atomic mass is 10.1. The Morgan fingerprint density at radius 3 is 2.57 bits per heavy atom. The van der Waals surface area contributed by atoms with Crippen molar-refractivity contribution in [2.24, 2.45) is 5.92 Å². The number of anilines is 1. The molecule has 28 heavy (non-hydrogen) atoms. The van der Waals surface area contributed by atoms with Crippen LogP contribution in [0.4, 0.5) is 18.9 Å². The van der Waals surface area contributed by atoms with Crippen molar-refractivity contribution >= 4 is 23.4 Å². The number of carbonyl (C=O) groups excluding carboxylic acids is 3. The third kappa shape index (κ3) is 4.27. The van der Waals surface area contributed by atoms with E-state index in [-0.39, 0.29) is 24.3 Å². The van der Waals surface area contributed by atoms with Gasteiger partial charge in [0.2, 0.25) is 11.8 Å². The first kappa shape index (κ1) is 19.3. The van der Waals surface area contributed by atoms with Crippen LogP contribution in [-0.4, -0.2) is 29.3 Å². The molecule has 0 spiro atoms. The maximum atomic E-state index is 12.9. The van der Waals surface area contributed by atoms with Crippen LogP contribution < -0.4 is 15.8 Å². The number of pyridine rings is 1. The van der Waals surface area contributed by atoms with E-state index < -0.39 is 35.4 Å². The molecule has 0 saturated carbocycles. The number of aromatic nitrogens is 1. The molecule has 146 valence electrons. The molecule has 1 aromatic carbocycles. The van der Waals surface area contributed by atoms with E-state index in [1.54, 1.807) is 12.1 Å². The van der Waals surface area contributed by atoms with E-state index in [2.05, 4.69) is 15.8 Å². The van der Waals surface area contributed by atoms with Gasteiger partial charge in [0.05, 0.1) is 11.5 Å². The van der Waals surface area contributed by atoms with Gasteiger partial charge in [-0.2, -0.15) is 13.2 Å². The largest absolute Gasteiger partial charge is 0.416 e. The quantitative estimate of drug-likeness (QED) is 0.781. The van der Waals surface area contributed by atoms with Crippen LogP contribution in [0, 0.1) is 5.92 Å². The number of hydrogen-bond acceptors (Lipinski definition) is 4. The molecule has 0 unspecified atom stereocenters. The van der Waals surface area contributed by atoms with Crippen LogP contribution in [0.25, 0.3) is 0 Å². The molecule has 0 radical (unpaired) electrons. The first-order valence-corrected chi connectivity index (χ1v) is 8.24. The number of benzene rings is 1. The Bertz CT molecular complexity index is 902. The second-order valence-electron chi connectivity index (χ2n) is 6.11. The second-order valence-corrected chi connectivity index (χ2v) is 6.11. The average molecular weight is 392 g/mol. The van der Waals surface area contributed by atoms with Crippen LogP contribution >= 0.6 is 0 Å². The number of halogens is 3. The van der Waals surface area contributed by atoms with Crippen LogP contribution in [0.1, 0.15) is 22.5 Å². The Balaban J connectivity index is 1.63. The molecule has 3 rings (SSSR count). The molecule has 2 aromatic rings. The van der Waals surface area contributed by atoms with Gasteiger partial charge in [-0.15, -0.1) is 0 Å². The normalized spacial score (nSPS) is 16.8. The third-order valence-corrected chi connectivity index (χ3v) is 4.18. The fourth-order valence-corrected chi connectivity index (χ4v) is 2.76. The summed E-state index contributed by atoms with van der Waals surface area (Å²) in [6.07, 6.45) is -3.30. The number of amides is 3. The fraction of sp³-hybridized carbons (Fsp3) is 0.222. The highest BCUT2D eigenvalue weighted by Gasteiger charge is 2.37. The van der Waals surface area contributed by atoms with E-state index in [9.17, 15) is 27.6 Å². The van der Waals surface area contributed by atoms with E-state index in [0.29, 0.717) is 0 Å². The predicted molar refractivity (Wildman–Crippen MR) is 91.7 cm³/mol. The lowest BCUT2D eigenvalue weighted by molar-refractivity contribution is -0.137. The summed E-state index contributed by atoms with van der Waals surface area (Å²) < 4.78 is 38.6. The average Bonchev–Trinajstić information content (AvgIpc) is 3.08. The Morgan fingerprint density at radius 2 is 1.89 bits per heavy atom. The number of hydrazine groups is 1. The highest BCUT2D eigenvalue weighted by Crippen LogP contribution is 2.33. The molecular formula is C18H15F3N4O3. The van der Waals surface area contributed by atoms with Crippen molar-refractivity contribution in [1.29, 1.82) is 0 Å². The summed E-state index contributed by atoms with van der Waals surface area (Å²) in [6.45, 7) is -0.0918. The standard InChI is InChI=1S/C18H15F3N4O3/c19-18(20,21)12-4-3-5-13(9-12)25-10-11(8-15(25)26)16(27)23-24-17(28)14-6-1-2-7-22-14/h1-7,9,11H,8,10H2,(H,23,27)(H,24,28)/t11-/m1/s1. The molecule has 1 aliphatic heterocycles. The van der Waals surface area contributed by atoms with Gasteiger partial charge in [-0.3, -0.25) is 30.2 Å². The number of alkyl halides is 3. The van der Waals surface area contributed by atoms with Gasteiger partial charge in [0.25, 0.3) is 5.91 Å². The van der Waals surface area contributed by atoms with Crippen LogP contribution in [0.15, 0.2) is 48.7 Å². The van der Waals surface area contributed by atoms with Crippen LogP contribution in [0.3, 0.4) is 0 Å². The molecule has 7 nitrogen and oxygen atoms in total. The van der Waals surface area contributed by atoms with Gasteiger partial charge in [0, 0.05) is 24.8 Å². The third-order valence-electron chi connectivity index (χ3n) is 4.18. The zero-order valence-corrected chi connectivity index (χ0v) is 14.4. The molecule has 0 aliphatic carbocycles. The summed E-state index contributed by atoms with van der Waals surface area (Å²) in [5, 5.41) is 0. The van der Waals surface area contributed by atoms with Crippen LogP contribution in [-0.2, 0) is 15.8 Å². The van der Waals surface area contributed by atoms with E-state index in [1.807, 2.05) is 0 Å². The summed E-state index contributed by atoms with van der Waals surface area (Å²) >= 11 is 0. The van der Waals surface area contributed by atoms with E-state index in [0.717, 1.165) is 17.0 Å². The number of carbonyl (C=O) groups is 3. The first-order chi connectivity index (χ1) is 13.3. The van der Waals surface area contributed by atoms with Gasteiger partial charge < -0.3 is 4.90 Å². The zero-order valence-electron chi connectivity index (χ0n) is 14.4. The van der Waals surface area contributed by atoms with Crippen LogP contribution in [0.2, 0.25) is 0 Å². The number of rotatable bonds is 3. The minimum Gasteiger partial charge on any atom is -0.312 e. The Kier molecular flexibility index (Phi) is 5.30. The van der Waals surface area contributed by atoms with Gasteiger partial charge in [0.1, 0.15) is 5.69 Å². The number of nitrogens with one attached hydrogen (secondary N) is 2. The number of hydrogen-bond donors (Lipinski definition) is 2.